The van der Waals surface area contributed by atoms with Crippen LogP contribution in [0.15, 0.2) is 12.1 Å². The zero-order valence-corrected chi connectivity index (χ0v) is 21.1. The summed E-state index contributed by atoms with van der Waals surface area (Å²) < 4.78 is 16.8. The van der Waals surface area contributed by atoms with Gasteiger partial charge in [0.05, 0.1) is 14.2 Å². The molecule has 0 aromatic carbocycles. The monoisotopic (exact) mass is 458 g/mol. The van der Waals surface area contributed by atoms with Crippen molar-refractivity contribution in [1.82, 2.24) is 9.97 Å². The van der Waals surface area contributed by atoms with Crippen LogP contribution in [0.1, 0.15) is 52.7 Å². The molecule has 9 nitrogen and oxygen atoms in total. The van der Waals surface area contributed by atoms with Crippen molar-refractivity contribution < 1.29 is 23.8 Å². The van der Waals surface area contributed by atoms with Crippen molar-refractivity contribution in [2.75, 3.05) is 24.9 Å². The van der Waals surface area contributed by atoms with Gasteiger partial charge in [-0.1, -0.05) is 41.5 Å². The first-order valence-corrected chi connectivity index (χ1v) is 10.6. The maximum Gasteiger partial charge on any atom is 0.231 e. The Kier molecular flexibility index (Phi) is 7.57. The average Bonchev–Trinajstić information content (AvgIpc) is 2.70. The van der Waals surface area contributed by atoms with Gasteiger partial charge in [-0.2, -0.15) is 9.97 Å². The van der Waals surface area contributed by atoms with Crippen molar-refractivity contribution in [2.24, 2.45) is 10.8 Å². The predicted octanol–water partition coefficient (Wildman–Crippen LogP) is 4.87. The summed E-state index contributed by atoms with van der Waals surface area (Å²) in [6, 6.07) is 3.45. The largest absolute Gasteiger partial charge is 0.493 e. The summed E-state index contributed by atoms with van der Waals surface area (Å²) in [4.78, 5) is 33.9. The van der Waals surface area contributed by atoms with Crippen LogP contribution in [0.5, 0.6) is 23.3 Å². The SMILES string of the molecule is COc1cc(C)c(Oc2nc(NC(=O)C(C)(C)C)c(OC)cc2C)nc1NC(=O)C(C)(C)C. The van der Waals surface area contributed by atoms with Gasteiger partial charge >= 0.3 is 0 Å². The average molecular weight is 459 g/mol. The van der Waals surface area contributed by atoms with Crippen LogP contribution in [0.25, 0.3) is 0 Å². The quantitative estimate of drug-likeness (QED) is 0.635. The second kappa shape index (κ2) is 9.64. The Morgan fingerprint density at radius 3 is 1.33 bits per heavy atom. The lowest BCUT2D eigenvalue weighted by Crippen LogP contribution is -2.28. The topological polar surface area (TPSA) is 112 Å². The minimum Gasteiger partial charge on any atom is -0.493 e. The molecule has 2 amide bonds. The van der Waals surface area contributed by atoms with Gasteiger partial charge in [-0.05, 0) is 26.0 Å². The van der Waals surface area contributed by atoms with E-state index in [0.29, 0.717) is 22.6 Å². The third-order valence-electron chi connectivity index (χ3n) is 4.72. The van der Waals surface area contributed by atoms with Crippen LogP contribution >= 0.6 is 0 Å². The Labute approximate surface area is 195 Å². The zero-order chi connectivity index (χ0) is 25.1. The molecule has 0 saturated heterocycles. The predicted molar refractivity (Wildman–Crippen MR) is 127 cm³/mol. The molecule has 2 aromatic heterocycles. The molecular weight excluding hydrogens is 424 g/mol. The highest BCUT2D eigenvalue weighted by atomic mass is 16.5. The molecule has 0 saturated carbocycles. The van der Waals surface area contributed by atoms with E-state index in [1.54, 1.807) is 67.5 Å². The fourth-order valence-electron chi connectivity index (χ4n) is 2.52. The molecule has 2 N–H and O–H groups in total. The van der Waals surface area contributed by atoms with Crippen LogP contribution in [0.2, 0.25) is 0 Å². The van der Waals surface area contributed by atoms with Crippen LogP contribution < -0.4 is 24.8 Å². The number of nitrogens with one attached hydrogen (secondary N) is 2. The van der Waals surface area contributed by atoms with Crippen LogP contribution in [0.3, 0.4) is 0 Å². The van der Waals surface area contributed by atoms with Gasteiger partial charge in [-0.25, -0.2) is 0 Å². The van der Waals surface area contributed by atoms with E-state index in [1.165, 1.54) is 14.2 Å². The molecule has 33 heavy (non-hydrogen) atoms. The molecule has 9 heteroatoms. The van der Waals surface area contributed by atoms with Gasteiger partial charge in [-0.15, -0.1) is 0 Å². The first kappa shape index (κ1) is 25.9. The van der Waals surface area contributed by atoms with Gasteiger partial charge in [0.15, 0.2) is 23.1 Å². The lowest BCUT2D eigenvalue weighted by Gasteiger charge is -2.20. The van der Waals surface area contributed by atoms with Gasteiger partial charge in [-0.3, -0.25) is 9.59 Å². The summed E-state index contributed by atoms with van der Waals surface area (Å²) in [6.07, 6.45) is 0. The number of pyridine rings is 2. The molecule has 0 spiro atoms. The van der Waals surface area contributed by atoms with E-state index in [0.717, 1.165) is 0 Å². The van der Waals surface area contributed by atoms with Crippen LogP contribution in [0, 0.1) is 24.7 Å². The lowest BCUT2D eigenvalue weighted by atomic mass is 9.96. The van der Waals surface area contributed by atoms with Crippen molar-refractivity contribution >= 4 is 23.5 Å². The van der Waals surface area contributed by atoms with Crippen LogP contribution in [-0.4, -0.2) is 36.0 Å². The Balaban J connectivity index is 2.47. The van der Waals surface area contributed by atoms with E-state index < -0.39 is 10.8 Å². The molecule has 0 bridgehead atoms. The molecule has 0 unspecified atom stereocenters. The minimum absolute atomic E-state index is 0.214. The first-order valence-electron chi connectivity index (χ1n) is 10.6. The molecule has 0 aliphatic carbocycles. The number of hydrogen-bond acceptors (Lipinski definition) is 7. The van der Waals surface area contributed by atoms with E-state index in [4.69, 9.17) is 14.2 Å². The molecule has 2 rings (SSSR count). The van der Waals surface area contributed by atoms with Crippen molar-refractivity contribution in [3.63, 3.8) is 0 Å². The number of aryl methyl sites for hydroxylation is 2. The summed E-state index contributed by atoms with van der Waals surface area (Å²) in [5, 5.41) is 5.58. The summed E-state index contributed by atoms with van der Waals surface area (Å²) in [6.45, 7) is 14.4. The molecule has 0 aliphatic heterocycles. The number of methoxy groups -OCH3 is 2. The molecule has 0 aliphatic rings. The summed E-state index contributed by atoms with van der Waals surface area (Å²) >= 11 is 0. The number of nitrogens with zero attached hydrogens (tertiary/aromatic N) is 2. The number of rotatable bonds is 6. The standard InChI is InChI=1S/C24H34N4O5/c1-13-11-15(31-9)17(27-21(29)23(3,4)5)25-19(13)33-20-14(2)12-16(32-10)18(26-20)28-22(30)24(6,7)8/h11-12H,1-10H3,(H,25,27,29)(H,26,28,30). The fourth-order valence-corrected chi connectivity index (χ4v) is 2.52. The highest BCUT2D eigenvalue weighted by Crippen LogP contribution is 2.35. The van der Waals surface area contributed by atoms with Crippen molar-refractivity contribution in [1.29, 1.82) is 0 Å². The smallest absolute Gasteiger partial charge is 0.231 e. The number of ether oxygens (including phenoxy) is 3. The van der Waals surface area contributed by atoms with Crippen LogP contribution in [-0.2, 0) is 9.59 Å². The number of hydrogen-bond donors (Lipinski definition) is 2. The highest BCUT2D eigenvalue weighted by molar-refractivity contribution is 5.95. The van der Waals surface area contributed by atoms with Gasteiger partial charge < -0.3 is 24.8 Å². The Morgan fingerprint density at radius 2 is 1.06 bits per heavy atom. The Morgan fingerprint density at radius 1 is 0.727 bits per heavy atom. The number of carbonyl (C=O) groups excluding carboxylic acids is 2. The van der Waals surface area contributed by atoms with E-state index in [1.807, 2.05) is 0 Å². The molecular formula is C24H34N4O5. The first-order chi connectivity index (χ1) is 15.2. The minimum atomic E-state index is -0.618. The summed E-state index contributed by atoms with van der Waals surface area (Å²) in [7, 11) is 3.01. The maximum atomic E-state index is 12.5. The van der Waals surface area contributed by atoms with E-state index >= 15 is 0 Å². The number of aromatic nitrogens is 2. The van der Waals surface area contributed by atoms with Crippen molar-refractivity contribution in [2.45, 2.75) is 55.4 Å². The molecule has 2 aromatic rings. The lowest BCUT2D eigenvalue weighted by molar-refractivity contribution is -0.123. The van der Waals surface area contributed by atoms with E-state index in [9.17, 15) is 9.59 Å². The number of carbonyl (C=O) groups is 2. The normalized spacial score (nSPS) is 11.6. The van der Waals surface area contributed by atoms with E-state index in [-0.39, 0.29) is 35.2 Å². The van der Waals surface area contributed by atoms with Gasteiger partial charge in [0.1, 0.15) is 0 Å². The summed E-state index contributed by atoms with van der Waals surface area (Å²) in [5.74, 6) is 1.37. The molecule has 0 atom stereocenters. The second-order valence-corrected chi connectivity index (χ2v) is 9.83. The zero-order valence-electron chi connectivity index (χ0n) is 21.1. The third kappa shape index (κ3) is 6.34. The Bertz CT molecular complexity index is 969. The third-order valence-corrected chi connectivity index (χ3v) is 4.72. The highest BCUT2D eigenvalue weighted by Gasteiger charge is 2.26. The van der Waals surface area contributed by atoms with Gasteiger partial charge in [0, 0.05) is 22.0 Å². The van der Waals surface area contributed by atoms with Crippen LogP contribution in [0.4, 0.5) is 11.6 Å². The fraction of sp³-hybridized carbons (Fsp3) is 0.500. The molecule has 180 valence electrons. The van der Waals surface area contributed by atoms with Crippen molar-refractivity contribution in [3.8, 4) is 23.3 Å². The molecule has 2 heterocycles. The number of anilines is 2. The second-order valence-electron chi connectivity index (χ2n) is 9.83. The molecule has 0 radical (unpaired) electrons. The maximum absolute atomic E-state index is 12.5. The van der Waals surface area contributed by atoms with Gasteiger partial charge in [0.2, 0.25) is 23.6 Å². The van der Waals surface area contributed by atoms with Crippen molar-refractivity contribution in [3.05, 3.63) is 23.3 Å². The molecule has 0 fully saturated rings. The number of amides is 2. The van der Waals surface area contributed by atoms with E-state index in [2.05, 4.69) is 20.6 Å². The Hall–Kier alpha value is -3.36. The van der Waals surface area contributed by atoms with Gasteiger partial charge in [0.25, 0.3) is 0 Å². The summed E-state index contributed by atoms with van der Waals surface area (Å²) in [5.41, 5.74) is 0.121.